The number of sulfone groups is 1. The van der Waals surface area contributed by atoms with Gasteiger partial charge in [0.25, 0.3) is 5.69 Å². The van der Waals surface area contributed by atoms with Crippen LogP contribution in [0, 0.1) is 10.1 Å². The van der Waals surface area contributed by atoms with Crippen molar-refractivity contribution in [1.82, 2.24) is 4.90 Å². The summed E-state index contributed by atoms with van der Waals surface area (Å²) >= 11 is 0. The Labute approximate surface area is 175 Å². The predicted octanol–water partition coefficient (Wildman–Crippen LogP) is 3.47. The van der Waals surface area contributed by atoms with Gasteiger partial charge in [-0.15, -0.1) is 0 Å². The van der Waals surface area contributed by atoms with Crippen molar-refractivity contribution in [2.75, 3.05) is 38.1 Å². The molecule has 1 fully saturated rings. The number of benzene rings is 3. The molecule has 0 N–H and O–H groups in total. The maximum absolute atomic E-state index is 13.3. The molecule has 3 aromatic rings. The summed E-state index contributed by atoms with van der Waals surface area (Å²) in [5.74, 6) is -0.418. The van der Waals surface area contributed by atoms with Gasteiger partial charge in [-0.1, -0.05) is 36.4 Å². The zero-order valence-electron chi connectivity index (χ0n) is 16.7. The zero-order valence-corrected chi connectivity index (χ0v) is 17.5. The second-order valence-corrected chi connectivity index (χ2v) is 9.55. The molecule has 0 atom stereocenters. The highest BCUT2D eigenvalue weighted by molar-refractivity contribution is 7.90. The van der Waals surface area contributed by atoms with E-state index >= 15 is 0 Å². The summed E-state index contributed by atoms with van der Waals surface area (Å²) in [5.41, 5.74) is 0.859. The van der Waals surface area contributed by atoms with Crippen LogP contribution in [0.5, 0.6) is 0 Å². The topological polar surface area (TPSA) is 83.8 Å². The van der Waals surface area contributed by atoms with Gasteiger partial charge in [0, 0.05) is 48.9 Å². The second kappa shape index (κ2) is 8.04. The van der Waals surface area contributed by atoms with Crippen LogP contribution in [0.25, 0.3) is 10.8 Å². The predicted molar refractivity (Wildman–Crippen MR) is 118 cm³/mol. The van der Waals surface area contributed by atoms with Gasteiger partial charge in [-0.3, -0.25) is 10.1 Å². The maximum Gasteiger partial charge on any atom is 0.273 e. The van der Waals surface area contributed by atoms with Crippen molar-refractivity contribution in [3.63, 3.8) is 0 Å². The van der Waals surface area contributed by atoms with E-state index in [1.165, 1.54) is 6.07 Å². The molecule has 8 heteroatoms. The standard InChI is InChI=1S/C22H23N3O4S/c1-23-11-13-24(14-12-23)19-9-10-21(25(26)27)18(15-19)16-30(28,29)22-8-4-6-17-5-2-3-7-20(17)22/h2-10,15H,11-14,16H2,1H3. The lowest BCUT2D eigenvalue weighted by Gasteiger charge is -2.34. The lowest BCUT2D eigenvalue weighted by Crippen LogP contribution is -2.44. The second-order valence-electron chi connectivity index (χ2n) is 7.60. The SMILES string of the molecule is CN1CCN(c2ccc([N+](=O)[O-])c(CS(=O)(=O)c3cccc4ccccc34)c2)CC1. The van der Waals surface area contributed by atoms with Crippen LogP contribution >= 0.6 is 0 Å². The van der Waals surface area contributed by atoms with E-state index in [1.807, 2.05) is 18.2 Å². The molecular formula is C22H23N3O4S. The Balaban J connectivity index is 1.73. The molecule has 4 rings (SSSR count). The van der Waals surface area contributed by atoms with Crippen molar-refractivity contribution in [1.29, 1.82) is 0 Å². The van der Waals surface area contributed by atoms with Crippen molar-refractivity contribution >= 4 is 32.0 Å². The van der Waals surface area contributed by atoms with Crippen molar-refractivity contribution in [3.05, 3.63) is 76.3 Å². The van der Waals surface area contributed by atoms with Gasteiger partial charge >= 0.3 is 0 Å². The quantitative estimate of drug-likeness (QED) is 0.460. The summed E-state index contributed by atoms with van der Waals surface area (Å²) in [4.78, 5) is 15.6. The van der Waals surface area contributed by atoms with Crippen LogP contribution < -0.4 is 4.90 Å². The third-order valence-electron chi connectivity index (χ3n) is 5.56. The summed E-state index contributed by atoms with van der Waals surface area (Å²) < 4.78 is 26.6. The molecule has 0 aliphatic carbocycles. The Morgan fingerprint density at radius 1 is 0.967 bits per heavy atom. The smallest absolute Gasteiger partial charge is 0.273 e. The van der Waals surface area contributed by atoms with Gasteiger partial charge in [0.1, 0.15) is 0 Å². The summed E-state index contributed by atoms with van der Waals surface area (Å²) in [6.45, 7) is 3.37. The van der Waals surface area contributed by atoms with Crippen LogP contribution in [0.2, 0.25) is 0 Å². The lowest BCUT2D eigenvalue weighted by molar-refractivity contribution is -0.385. The minimum Gasteiger partial charge on any atom is -0.369 e. The minimum atomic E-state index is -3.78. The Hall–Kier alpha value is -2.97. The Bertz CT molecular complexity index is 1200. The number of anilines is 1. The monoisotopic (exact) mass is 425 g/mol. The zero-order chi connectivity index (χ0) is 21.3. The first-order chi connectivity index (χ1) is 14.3. The number of piperazine rings is 1. The molecule has 0 bridgehead atoms. The highest BCUT2D eigenvalue weighted by Crippen LogP contribution is 2.31. The fourth-order valence-corrected chi connectivity index (χ4v) is 5.48. The summed E-state index contributed by atoms with van der Waals surface area (Å²) in [5, 5.41) is 13.0. The van der Waals surface area contributed by atoms with Crippen LogP contribution in [-0.4, -0.2) is 51.5 Å². The largest absolute Gasteiger partial charge is 0.369 e. The fourth-order valence-electron chi connectivity index (χ4n) is 3.88. The summed E-state index contributed by atoms with van der Waals surface area (Å²) in [7, 11) is -1.73. The number of nitro benzene ring substituents is 1. The molecular weight excluding hydrogens is 402 g/mol. The Morgan fingerprint density at radius 2 is 1.67 bits per heavy atom. The Morgan fingerprint density at radius 3 is 2.40 bits per heavy atom. The van der Waals surface area contributed by atoms with Gasteiger partial charge in [-0.2, -0.15) is 0 Å². The molecule has 0 saturated carbocycles. The van der Waals surface area contributed by atoms with E-state index in [4.69, 9.17) is 0 Å². The number of nitro groups is 1. The first-order valence-electron chi connectivity index (χ1n) is 9.76. The molecule has 3 aromatic carbocycles. The molecule has 0 unspecified atom stereocenters. The molecule has 30 heavy (non-hydrogen) atoms. The third-order valence-corrected chi connectivity index (χ3v) is 7.28. The van der Waals surface area contributed by atoms with Gasteiger partial charge in [0.2, 0.25) is 0 Å². The summed E-state index contributed by atoms with van der Waals surface area (Å²) in [6.07, 6.45) is 0. The van der Waals surface area contributed by atoms with E-state index < -0.39 is 20.5 Å². The van der Waals surface area contributed by atoms with Crippen molar-refractivity contribution in [2.24, 2.45) is 0 Å². The highest BCUT2D eigenvalue weighted by Gasteiger charge is 2.25. The van der Waals surface area contributed by atoms with E-state index in [1.54, 1.807) is 36.4 Å². The van der Waals surface area contributed by atoms with Crippen LogP contribution in [0.4, 0.5) is 11.4 Å². The van der Waals surface area contributed by atoms with Gasteiger partial charge in [0.05, 0.1) is 15.6 Å². The molecule has 1 aliphatic heterocycles. The molecule has 0 radical (unpaired) electrons. The number of rotatable bonds is 5. The molecule has 1 aliphatic rings. The molecule has 1 saturated heterocycles. The molecule has 0 spiro atoms. The number of fused-ring (bicyclic) bond motifs is 1. The van der Waals surface area contributed by atoms with E-state index in [0.29, 0.717) is 5.39 Å². The van der Waals surface area contributed by atoms with Crippen LogP contribution in [0.1, 0.15) is 5.56 Å². The number of hydrogen-bond donors (Lipinski definition) is 0. The van der Waals surface area contributed by atoms with Crippen molar-refractivity contribution in [3.8, 4) is 0 Å². The average Bonchev–Trinajstić information content (AvgIpc) is 2.73. The van der Waals surface area contributed by atoms with Crippen molar-refractivity contribution in [2.45, 2.75) is 10.6 Å². The van der Waals surface area contributed by atoms with Crippen molar-refractivity contribution < 1.29 is 13.3 Å². The number of nitrogens with zero attached hydrogens (tertiary/aromatic N) is 3. The summed E-state index contributed by atoms with van der Waals surface area (Å²) in [6, 6.07) is 17.1. The molecule has 0 amide bonds. The van der Waals surface area contributed by atoms with Crippen LogP contribution in [-0.2, 0) is 15.6 Å². The normalized spacial score (nSPS) is 15.4. The van der Waals surface area contributed by atoms with E-state index in [-0.39, 0.29) is 16.1 Å². The van der Waals surface area contributed by atoms with Gasteiger partial charge in [0.15, 0.2) is 9.84 Å². The molecule has 7 nitrogen and oxygen atoms in total. The number of likely N-dealkylation sites (N-methyl/N-ethyl adjacent to an activating group) is 1. The minimum absolute atomic E-state index is 0.170. The Kier molecular flexibility index (Phi) is 5.44. The molecule has 1 heterocycles. The average molecular weight is 426 g/mol. The maximum atomic E-state index is 13.3. The van der Waals surface area contributed by atoms with Crippen LogP contribution in [0.3, 0.4) is 0 Å². The van der Waals surface area contributed by atoms with Gasteiger partial charge in [-0.05, 0) is 30.6 Å². The highest BCUT2D eigenvalue weighted by atomic mass is 32.2. The lowest BCUT2D eigenvalue weighted by atomic mass is 10.1. The van der Waals surface area contributed by atoms with E-state index in [0.717, 1.165) is 37.3 Å². The van der Waals surface area contributed by atoms with Crippen LogP contribution in [0.15, 0.2) is 65.6 Å². The van der Waals surface area contributed by atoms with Gasteiger partial charge in [-0.25, -0.2) is 8.42 Å². The first-order valence-corrected chi connectivity index (χ1v) is 11.4. The van der Waals surface area contributed by atoms with Gasteiger partial charge < -0.3 is 9.80 Å². The fraction of sp³-hybridized carbons (Fsp3) is 0.273. The molecule has 156 valence electrons. The van der Waals surface area contributed by atoms with E-state index in [9.17, 15) is 18.5 Å². The third kappa shape index (κ3) is 4.01. The van der Waals surface area contributed by atoms with E-state index in [2.05, 4.69) is 16.8 Å². The first kappa shape index (κ1) is 20.3. The molecule has 0 aromatic heterocycles. The number of hydrogen-bond acceptors (Lipinski definition) is 6.